The summed E-state index contributed by atoms with van der Waals surface area (Å²) in [7, 11) is 0. The molecule has 0 unspecified atom stereocenters. The van der Waals surface area contributed by atoms with Gasteiger partial charge in [-0.3, -0.25) is 0 Å². The fourth-order valence-corrected chi connectivity index (χ4v) is 2.05. The Bertz CT molecular complexity index is 450. The zero-order chi connectivity index (χ0) is 11.4. The van der Waals surface area contributed by atoms with Crippen molar-refractivity contribution in [1.82, 2.24) is 15.3 Å². The van der Waals surface area contributed by atoms with Crippen LogP contribution in [0, 0.1) is 6.92 Å². The second kappa shape index (κ2) is 5.23. The Morgan fingerprint density at radius 1 is 1.50 bits per heavy atom. The van der Waals surface area contributed by atoms with Gasteiger partial charge in [0.1, 0.15) is 11.4 Å². The molecule has 0 atom stereocenters. The zero-order valence-corrected chi connectivity index (χ0v) is 10.3. The van der Waals surface area contributed by atoms with Crippen LogP contribution in [0.25, 0.3) is 11.5 Å². The zero-order valence-electron chi connectivity index (χ0n) is 9.49. The predicted octanol–water partition coefficient (Wildman–Crippen LogP) is 2.61. The molecular weight excluding hydrogens is 222 g/mol. The van der Waals surface area contributed by atoms with Crippen LogP contribution in [0.15, 0.2) is 16.2 Å². The van der Waals surface area contributed by atoms with E-state index >= 15 is 0 Å². The highest BCUT2D eigenvalue weighted by atomic mass is 32.1. The molecule has 0 radical (unpaired) electrons. The molecule has 4 nitrogen and oxygen atoms in total. The molecule has 0 spiro atoms. The molecule has 16 heavy (non-hydrogen) atoms. The van der Waals surface area contributed by atoms with Crippen molar-refractivity contribution >= 4 is 11.3 Å². The molecule has 0 aromatic carbocycles. The number of oxazole rings is 1. The number of aryl methyl sites for hydroxylation is 1. The Morgan fingerprint density at radius 2 is 2.38 bits per heavy atom. The summed E-state index contributed by atoms with van der Waals surface area (Å²) >= 11 is 1.62. The van der Waals surface area contributed by atoms with Crippen LogP contribution >= 0.6 is 11.3 Å². The highest BCUT2D eigenvalue weighted by Gasteiger charge is 2.12. The van der Waals surface area contributed by atoms with Crippen molar-refractivity contribution in [2.45, 2.75) is 26.8 Å². The minimum atomic E-state index is 0.732. The van der Waals surface area contributed by atoms with Crippen LogP contribution in [-0.2, 0) is 6.54 Å². The predicted molar refractivity (Wildman–Crippen MR) is 64.3 cm³/mol. The summed E-state index contributed by atoms with van der Waals surface area (Å²) in [5, 5.41) is 6.35. The van der Waals surface area contributed by atoms with Crippen LogP contribution in [0.1, 0.15) is 24.0 Å². The highest BCUT2D eigenvalue weighted by Crippen LogP contribution is 2.24. The van der Waals surface area contributed by atoms with E-state index in [1.807, 2.05) is 12.3 Å². The lowest BCUT2D eigenvalue weighted by molar-refractivity contribution is 0.567. The minimum Gasteiger partial charge on any atom is -0.441 e. The maximum Gasteiger partial charge on any atom is 0.181 e. The van der Waals surface area contributed by atoms with Gasteiger partial charge in [0.2, 0.25) is 0 Å². The topological polar surface area (TPSA) is 51.0 Å². The second-order valence-electron chi connectivity index (χ2n) is 3.56. The molecule has 0 saturated carbocycles. The van der Waals surface area contributed by atoms with E-state index in [2.05, 4.69) is 22.2 Å². The molecule has 0 saturated heterocycles. The quantitative estimate of drug-likeness (QED) is 0.812. The Hall–Kier alpha value is -1.20. The summed E-state index contributed by atoms with van der Waals surface area (Å²) in [5.74, 6) is 0.785. The molecule has 5 heteroatoms. The summed E-state index contributed by atoms with van der Waals surface area (Å²) < 4.78 is 5.39. The van der Waals surface area contributed by atoms with Gasteiger partial charge in [-0.25, -0.2) is 9.97 Å². The fourth-order valence-electron chi connectivity index (χ4n) is 1.45. The second-order valence-corrected chi connectivity index (χ2v) is 4.62. The first-order valence-corrected chi connectivity index (χ1v) is 6.24. The van der Waals surface area contributed by atoms with Gasteiger partial charge in [0.15, 0.2) is 12.2 Å². The monoisotopic (exact) mass is 237 g/mol. The smallest absolute Gasteiger partial charge is 0.181 e. The Labute approximate surface area is 98.7 Å². The Balaban J connectivity index is 2.12. The van der Waals surface area contributed by atoms with Gasteiger partial charge in [-0.15, -0.1) is 11.3 Å². The molecule has 1 N–H and O–H groups in total. The SMILES string of the molecule is CCCNCc1ncoc1-c1csc(C)n1. The van der Waals surface area contributed by atoms with Gasteiger partial charge in [0.05, 0.1) is 5.01 Å². The van der Waals surface area contributed by atoms with Crippen LogP contribution in [0.3, 0.4) is 0 Å². The van der Waals surface area contributed by atoms with Gasteiger partial charge in [0.25, 0.3) is 0 Å². The van der Waals surface area contributed by atoms with Crippen molar-refractivity contribution in [3.05, 3.63) is 22.5 Å². The number of hydrogen-bond donors (Lipinski definition) is 1. The molecule has 0 aliphatic carbocycles. The third-order valence-corrected chi connectivity index (χ3v) is 2.99. The number of nitrogens with one attached hydrogen (secondary N) is 1. The highest BCUT2D eigenvalue weighted by molar-refractivity contribution is 7.09. The first kappa shape index (κ1) is 11.3. The van der Waals surface area contributed by atoms with Crippen molar-refractivity contribution in [3.8, 4) is 11.5 Å². The molecule has 2 aromatic heterocycles. The van der Waals surface area contributed by atoms with Gasteiger partial charge < -0.3 is 9.73 Å². The Morgan fingerprint density at radius 3 is 3.06 bits per heavy atom. The van der Waals surface area contributed by atoms with Crippen molar-refractivity contribution < 1.29 is 4.42 Å². The van der Waals surface area contributed by atoms with Crippen molar-refractivity contribution in [3.63, 3.8) is 0 Å². The average molecular weight is 237 g/mol. The van der Waals surface area contributed by atoms with E-state index in [0.29, 0.717) is 0 Å². The van der Waals surface area contributed by atoms with E-state index in [1.165, 1.54) is 6.39 Å². The van der Waals surface area contributed by atoms with Crippen LogP contribution in [0.2, 0.25) is 0 Å². The van der Waals surface area contributed by atoms with Gasteiger partial charge in [-0.05, 0) is 19.9 Å². The molecule has 0 bridgehead atoms. The van der Waals surface area contributed by atoms with E-state index in [0.717, 1.165) is 41.7 Å². The molecule has 0 aliphatic rings. The van der Waals surface area contributed by atoms with E-state index in [4.69, 9.17) is 4.42 Å². The molecule has 2 rings (SSSR count). The minimum absolute atomic E-state index is 0.732. The lowest BCUT2D eigenvalue weighted by Gasteiger charge is -2.00. The molecule has 0 aliphatic heterocycles. The third kappa shape index (κ3) is 2.48. The van der Waals surface area contributed by atoms with Crippen LogP contribution < -0.4 is 5.32 Å². The van der Waals surface area contributed by atoms with Crippen LogP contribution in [0.5, 0.6) is 0 Å². The molecule has 2 heterocycles. The first-order chi connectivity index (χ1) is 7.81. The molecule has 2 aromatic rings. The Kier molecular flexibility index (Phi) is 3.69. The maximum absolute atomic E-state index is 5.39. The summed E-state index contributed by atoms with van der Waals surface area (Å²) in [4.78, 5) is 8.61. The first-order valence-electron chi connectivity index (χ1n) is 5.37. The summed E-state index contributed by atoms with van der Waals surface area (Å²) in [5.41, 5.74) is 1.81. The van der Waals surface area contributed by atoms with E-state index < -0.39 is 0 Å². The molecular formula is C11H15N3OS. The normalized spacial score (nSPS) is 10.9. The van der Waals surface area contributed by atoms with Crippen molar-refractivity contribution in [2.24, 2.45) is 0 Å². The standard InChI is InChI=1S/C11H15N3OS/c1-3-4-12-5-9-11(15-7-13-9)10-6-16-8(2)14-10/h6-7,12H,3-5H2,1-2H3. The summed E-state index contributed by atoms with van der Waals surface area (Å²) in [6, 6.07) is 0. The molecule has 0 fully saturated rings. The lowest BCUT2D eigenvalue weighted by Crippen LogP contribution is -2.14. The van der Waals surface area contributed by atoms with E-state index in [1.54, 1.807) is 11.3 Å². The van der Waals surface area contributed by atoms with E-state index in [-0.39, 0.29) is 0 Å². The fraction of sp³-hybridized carbons (Fsp3) is 0.455. The van der Waals surface area contributed by atoms with Gasteiger partial charge in [-0.2, -0.15) is 0 Å². The van der Waals surface area contributed by atoms with Gasteiger partial charge in [-0.1, -0.05) is 6.92 Å². The lowest BCUT2D eigenvalue weighted by atomic mass is 10.3. The summed E-state index contributed by atoms with van der Waals surface area (Å²) in [6.45, 7) is 5.85. The summed E-state index contributed by atoms with van der Waals surface area (Å²) in [6.07, 6.45) is 2.59. The van der Waals surface area contributed by atoms with Crippen molar-refractivity contribution in [1.29, 1.82) is 0 Å². The number of nitrogens with zero attached hydrogens (tertiary/aromatic N) is 2. The molecule has 0 amide bonds. The van der Waals surface area contributed by atoms with Crippen LogP contribution in [-0.4, -0.2) is 16.5 Å². The maximum atomic E-state index is 5.39. The van der Waals surface area contributed by atoms with Gasteiger partial charge in [0, 0.05) is 11.9 Å². The van der Waals surface area contributed by atoms with Gasteiger partial charge >= 0.3 is 0 Å². The molecule has 86 valence electrons. The number of aromatic nitrogens is 2. The number of thiazole rings is 1. The van der Waals surface area contributed by atoms with Crippen LogP contribution in [0.4, 0.5) is 0 Å². The third-order valence-electron chi connectivity index (χ3n) is 2.21. The van der Waals surface area contributed by atoms with E-state index in [9.17, 15) is 0 Å². The van der Waals surface area contributed by atoms with Crippen molar-refractivity contribution in [2.75, 3.05) is 6.54 Å². The number of rotatable bonds is 5. The average Bonchev–Trinajstić information content (AvgIpc) is 2.87. The largest absolute Gasteiger partial charge is 0.441 e. The number of hydrogen-bond acceptors (Lipinski definition) is 5.